The van der Waals surface area contributed by atoms with Crippen molar-refractivity contribution in [2.45, 2.75) is 0 Å². The van der Waals surface area contributed by atoms with E-state index in [4.69, 9.17) is 78.7 Å². The van der Waals surface area contributed by atoms with Gasteiger partial charge in [-0.2, -0.15) is 0 Å². The molecule has 6 aromatic carbocycles. The van der Waals surface area contributed by atoms with Gasteiger partial charge in [0.25, 0.3) is 0 Å². The average Bonchev–Trinajstić information content (AvgIpc) is 3.75. The molecule has 0 aliphatic rings. The van der Waals surface area contributed by atoms with E-state index in [1.54, 1.807) is 0 Å². The first kappa shape index (κ1) is 31.4. The molecule has 0 aliphatic carbocycles. The van der Waals surface area contributed by atoms with E-state index in [1.165, 1.54) is 0 Å². The molecule has 3 aromatic heterocycles. The highest BCUT2D eigenvalue weighted by Crippen LogP contribution is 2.33. The molecular formula is C39H16B7N3O2. The van der Waals surface area contributed by atoms with Crippen LogP contribution in [0.3, 0.4) is 0 Å². The molecule has 0 unspecified atom stereocenters. The third-order valence-electron chi connectivity index (χ3n) is 9.36. The van der Waals surface area contributed by atoms with E-state index in [1.807, 2.05) is 97.1 Å². The minimum absolute atomic E-state index is 0.0929. The predicted octanol–water partition coefficient (Wildman–Crippen LogP) is 1.90. The van der Waals surface area contributed by atoms with E-state index in [-0.39, 0.29) is 60.8 Å². The predicted molar refractivity (Wildman–Crippen MR) is 214 cm³/mol. The summed E-state index contributed by atoms with van der Waals surface area (Å²) in [7, 11) is 45.4. The molecule has 0 spiro atoms. The Hall–Kier alpha value is -5.62. The van der Waals surface area contributed by atoms with Crippen LogP contribution in [-0.2, 0) is 0 Å². The third-order valence-corrected chi connectivity index (χ3v) is 9.36. The number of fused-ring (bicyclic) bond motifs is 6. The summed E-state index contributed by atoms with van der Waals surface area (Å²) in [5.41, 5.74) is 6.39. The van der Waals surface area contributed by atoms with Crippen LogP contribution in [0.5, 0.6) is 0 Å². The molecule has 0 atom stereocenters. The van der Waals surface area contributed by atoms with Crippen molar-refractivity contribution < 1.29 is 8.83 Å². The van der Waals surface area contributed by atoms with Gasteiger partial charge in [-0.05, 0) is 40.9 Å². The SMILES string of the molecule is [B]c1c([B])c([B])c2c(oc3c([B])c(-c4nc(-c5cccc(-c6ccccc6)c5)nc(-c5ccc6c(c5)oc5ccccc56)n4)c([B])c([B])c32)c1[B]. The van der Waals surface area contributed by atoms with Gasteiger partial charge < -0.3 is 8.83 Å². The van der Waals surface area contributed by atoms with Gasteiger partial charge in [-0.3, -0.25) is 0 Å². The minimum atomic E-state index is 0.0929. The summed E-state index contributed by atoms with van der Waals surface area (Å²) in [6, 6.07) is 31.7. The minimum Gasteiger partial charge on any atom is -0.457 e. The maximum atomic E-state index is 6.87. The number of nitrogens with zero attached hydrogens (tertiary/aromatic N) is 3. The van der Waals surface area contributed by atoms with Crippen LogP contribution >= 0.6 is 0 Å². The van der Waals surface area contributed by atoms with Crippen molar-refractivity contribution >= 4 is 137 Å². The van der Waals surface area contributed by atoms with E-state index in [9.17, 15) is 0 Å². The lowest BCUT2D eigenvalue weighted by Gasteiger charge is -2.17. The molecule has 0 N–H and O–H groups in total. The Balaban J connectivity index is 1.31. The van der Waals surface area contributed by atoms with Crippen molar-refractivity contribution in [3.05, 3.63) is 97.1 Å². The van der Waals surface area contributed by atoms with Crippen LogP contribution in [0.1, 0.15) is 0 Å². The Morgan fingerprint density at radius 1 is 0.373 bits per heavy atom. The van der Waals surface area contributed by atoms with E-state index in [0.717, 1.165) is 33.0 Å². The zero-order valence-corrected chi connectivity index (χ0v) is 26.9. The van der Waals surface area contributed by atoms with Gasteiger partial charge in [0.1, 0.15) is 77.3 Å². The van der Waals surface area contributed by atoms with Gasteiger partial charge in [-0.25, -0.2) is 15.0 Å². The fraction of sp³-hybridized carbons (Fsp3) is 0. The molecule has 3 heterocycles. The van der Waals surface area contributed by atoms with Gasteiger partial charge in [-0.15, -0.1) is 10.9 Å². The monoisotopic (exact) mass is 635 g/mol. The Morgan fingerprint density at radius 2 is 0.941 bits per heavy atom. The topological polar surface area (TPSA) is 65.0 Å². The molecule has 9 aromatic rings. The van der Waals surface area contributed by atoms with Crippen LogP contribution < -0.4 is 38.2 Å². The van der Waals surface area contributed by atoms with Crippen molar-refractivity contribution in [2.24, 2.45) is 0 Å². The maximum Gasteiger partial charge on any atom is 0.164 e. The second-order valence-electron chi connectivity index (χ2n) is 12.3. The quantitative estimate of drug-likeness (QED) is 0.277. The second-order valence-corrected chi connectivity index (χ2v) is 12.3. The van der Waals surface area contributed by atoms with Gasteiger partial charge in [0.05, 0.1) is 0 Å². The summed E-state index contributed by atoms with van der Waals surface area (Å²) in [6.45, 7) is 0. The summed E-state index contributed by atoms with van der Waals surface area (Å²) in [6.07, 6.45) is 0. The fourth-order valence-corrected chi connectivity index (χ4v) is 6.72. The molecule has 51 heavy (non-hydrogen) atoms. The van der Waals surface area contributed by atoms with Crippen LogP contribution in [0.25, 0.3) is 89.2 Å². The lowest BCUT2D eigenvalue weighted by atomic mass is 9.64. The van der Waals surface area contributed by atoms with Crippen molar-refractivity contribution in [3.63, 3.8) is 0 Å². The molecule has 0 bridgehead atoms. The first-order valence-electron chi connectivity index (χ1n) is 16.0. The molecule has 12 heteroatoms. The molecule has 0 saturated carbocycles. The van der Waals surface area contributed by atoms with Gasteiger partial charge >= 0.3 is 0 Å². The van der Waals surface area contributed by atoms with Crippen molar-refractivity contribution in [1.82, 2.24) is 15.0 Å². The zero-order valence-electron chi connectivity index (χ0n) is 26.9. The lowest BCUT2D eigenvalue weighted by Crippen LogP contribution is -2.47. The van der Waals surface area contributed by atoms with E-state index in [0.29, 0.717) is 33.6 Å². The zero-order chi connectivity index (χ0) is 35.1. The van der Waals surface area contributed by atoms with E-state index < -0.39 is 0 Å². The molecule has 220 valence electrons. The molecule has 5 nitrogen and oxygen atoms in total. The normalized spacial score (nSPS) is 11.7. The van der Waals surface area contributed by atoms with Gasteiger partial charge in [-0.1, -0.05) is 94.6 Å². The molecule has 0 saturated heterocycles. The number of aromatic nitrogens is 3. The van der Waals surface area contributed by atoms with Crippen LogP contribution in [0, 0.1) is 0 Å². The Labute approximate surface area is 302 Å². The third kappa shape index (κ3) is 4.84. The van der Waals surface area contributed by atoms with Crippen molar-refractivity contribution in [3.8, 4) is 45.3 Å². The maximum absolute atomic E-state index is 6.87. The number of hydrogen-bond donors (Lipinski definition) is 0. The standard InChI is InChI=1S/C39H16B7N3O2/c40-28-25-26-29(41)32(44)33(45)34(46)36(26)51-35(25)31(43)27(30(28)42)39-48-37(19-10-6-9-18(15-19)17-7-2-1-3-8-17)47-38(49-39)20-13-14-22-21-11-4-5-12-23(21)50-24(22)16-20/h1-16H. The second kappa shape index (κ2) is 11.7. The average molecular weight is 634 g/mol. The molecule has 9 rings (SSSR count). The van der Waals surface area contributed by atoms with Crippen LogP contribution in [0.2, 0.25) is 0 Å². The molecule has 0 amide bonds. The van der Waals surface area contributed by atoms with Crippen molar-refractivity contribution in [2.75, 3.05) is 0 Å². The van der Waals surface area contributed by atoms with Crippen LogP contribution in [0.4, 0.5) is 0 Å². The highest BCUT2D eigenvalue weighted by Gasteiger charge is 2.24. The number of furan rings is 2. The highest BCUT2D eigenvalue weighted by molar-refractivity contribution is 6.69. The first-order chi connectivity index (χ1) is 24.7. The van der Waals surface area contributed by atoms with Gasteiger partial charge in [0.2, 0.25) is 0 Å². The largest absolute Gasteiger partial charge is 0.457 e. The summed E-state index contributed by atoms with van der Waals surface area (Å²) in [4.78, 5) is 14.8. The van der Waals surface area contributed by atoms with E-state index >= 15 is 0 Å². The summed E-state index contributed by atoms with van der Waals surface area (Å²) in [5.74, 6) is 0.918. The Kier molecular flexibility index (Phi) is 7.22. The molecule has 0 fully saturated rings. The molecular weight excluding hydrogens is 618 g/mol. The fourth-order valence-electron chi connectivity index (χ4n) is 6.72. The van der Waals surface area contributed by atoms with E-state index in [2.05, 4.69) is 0 Å². The lowest BCUT2D eigenvalue weighted by molar-refractivity contribution is 0.669. The number of para-hydroxylation sites is 1. The van der Waals surface area contributed by atoms with Crippen LogP contribution in [0.15, 0.2) is 106 Å². The highest BCUT2D eigenvalue weighted by atomic mass is 16.3. The molecule has 0 aliphatic heterocycles. The Morgan fingerprint density at radius 3 is 1.71 bits per heavy atom. The smallest absolute Gasteiger partial charge is 0.164 e. The number of benzene rings is 6. The summed E-state index contributed by atoms with van der Waals surface area (Å²) in [5, 5.41) is 2.70. The summed E-state index contributed by atoms with van der Waals surface area (Å²) >= 11 is 0. The summed E-state index contributed by atoms with van der Waals surface area (Å²) < 4.78 is 12.4. The molecule has 14 radical (unpaired) electrons. The number of hydrogen-bond acceptors (Lipinski definition) is 5. The number of rotatable bonds is 4. The Bertz CT molecular complexity index is 2900. The van der Waals surface area contributed by atoms with Gasteiger partial charge in [0, 0.05) is 38.2 Å². The van der Waals surface area contributed by atoms with Gasteiger partial charge in [0.15, 0.2) is 17.5 Å². The van der Waals surface area contributed by atoms with Crippen molar-refractivity contribution in [1.29, 1.82) is 0 Å². The van der Waals surface area contributed by atoms with Crippen LogP contribution in [-0.4, -0.2) is 69.9 Å². The first-order valence-corrected chi connectivity index (χ1v) is 16.0.